The molecule has 1 aromatic rings. The van der Waals surface area contributed by atoms with E-state index < -0.39 is 10.0 Å². The van der Waals surface area contributed by atoms with Gasteiger partial charge in [-0.3, -0.25) is 0 Å². The lowest BCUT2D eigenvalue weighted by Crippen LogP contribution is -2.18. The SMILES string of the molecule is Cc1c(Br)cc(CNC2CC2)cc1S(N)(=O)=O. The van der Waals surface area contributed by atoms with Crippen molar-refractivity contribution >= 4 is 26.0 Å². The highest BCUT2D eigenvalue weighted by Gasteiger charge is 2.21. The number of rotatable bonds is 4. The van der Waals surface area contributed by atoms with E-state index in [1.807, 2.05) is 6.07 Å². The maximum absolute atomic E-state index is 11.4. The standard InChI is InChI=1S/C11H15BrN2O2S/c1-7-10(12)4-8(6-14-9-2-3-9)5-11(7)17(13,15)16/h4-5,9,14H,2-3,6H2,1H3,(H2,13,15,16). The first-order valence-corrected chi connectivity index (χ1v) is 7.77. The number of nitrogens with two attached hydrogens (primary N) is 1. The quantitative estimate of drug-likeness (QED) is 0.886. The second-order valence-corrected chi connectivity index (χ2v) is 6.79. The molecule has 3 N–H and O–H groups in total. The van der Waals surface area contributed by atoms with Crippen molar-refractivity contribution in [3.8, 4) is 0 Å². The van der Waals surface area contributed by atoms with Gasteiger partial charge in [-0.05, 0) is 43.0 Å². The molecule has 0 spiro atoms. The number of benzene rings is 1. The van der Waals surface area contributed by atoms with E-state index in [4.69, 9.17) is 5.14 Å². The molecule has 0 unspecified atom stereocenters. The predicted octanol–water partition coefficient (Wildman–Crippen LogP) is 1.66. The summed E-state index contributed by atoms with van der Waals surface area (Å²) in [5, 5.41) is 8.54. The van der Waals surface area contributed by atoms with Gasteiger partial charge in [-0.2, -0.15) is 0 Å². The molecule has 0 bridgehead atoms. The summed E-state index contributed by atoms with van der Waals surface area (Å²) in [6.45, 7) is 2.41. The fraction of sp³-hybridized carbons (Fsp3) is 0.455. The molecule has 0 aliphatic heterocycles. The van der Waals surface area contributed by atoms with E-state index in [1.165, 1.54) is 12.8 Å². The van der Waals surface area contributed by atoms with Gasteiger partial charge in [0.1, 0.15) is 0 Å². The largest absolute Gasteiger partial charge is 0.310 e. The molecule has 4 nitrogen and oxygen atoms in total. The van der Waals surface area contributed by atoms with Crippen LogP contribution in [0, 0.1) is 6.92 Å². The van der Waals surface area contributed by atoms with Gasteiger partial charge < -0.3 is 5.32 Å². The van der Waals surface area contributed by atoms with Crippen molar-refractivity contribution in [1.82, 2.24) is 5.32 Å². The number of hydrogen-bond acceptors (Lipinski definition) is 3. The van der Waals surface area contributed by atoms with Crippen LogP contribution in [-0.2, 0) is 16.6 Å². The van der Waals surface area contributed by atoms with Crippen LogP contribution < -0.4 is 10.5 Å². The van der Waals surface area contributed by atoms with Crippen molar-refractivity contribution in [2.75, 3.05) is 0 Å². The van der Waals surface area contributed by atoms with Crippen LogP contribution in [0.5, 0.6) is 0 Å². The molecule has 0 saturated heterocycles. The third-order valence-electron chi connectivity index (χ3n) is 2.84. The minimum atomic E-state index is -3.66. The Bertz CT molecular complexity index is 539. The Morgan fingerprint density at radius 2 is 2.12 bits per heavy atom. The van der Waals surface area contributed by atoms with Gasteiger partial charge in [0.05, 0.1) is 4.90 Å². The van der Waals surface area contributed by atoms with Crippen LogP contribution in [0.1, 0.15) is 24.0 Å². The van der Waals surface area contributed by atoms with E-state index in [2.05, 4.69) is 21.2 Å². The molecular formula is C11H15BrN2O2S. The van der Waals surface area contributed by atoms with Gasteiger partial charge in [-0.25, -0.2) is 13.6 Å². The predicted molar refractivity (Wildman–Crippen MR) is 70.1 cm³/mol. The smallest absolute Gasteiger partial charge is 0.238 e. The maximum Gasteiger partial charge on any atom is 0.238 e. The lowest BCUT2D eigenvalue weighted by atomic mass is 10.1. The summed E-state index contributed by atoms with van der Waals surface area (Å²) in [6, 6.07) is 4.16. The molecule has 2 rings (SSSR count). The summed E-state index contributed by atoms with van der Waals surface area (Å²) < 4.78 is 23.7. The fourth-order valence-corrected chi connectivity index (χ4v) is 3.15. The van der Waals surface area contributed by atoms with Gasteiger partial charge in [-0.15, -0.1) is 0 Å². The van der Waals surface area contributed by atoms with Gasteiger partial charge in [0, 0.05) is 17.1 Å². The Hall–Kier alpha value is -0.430. The summed E-state index contributed by atoms with van der Waals surface area (Å²) in [7, 11) is -3.66. The lowest BCUT2D eigenvalue weighted by Gasteiger charge is -2.10. The molecule has 1 aliphatic carbocycles. The van der Waals surface area contributed by atoms with Crippen molar-refractivity contribution in [3.63, 3.8) is 0 Å². The third kappa shape index (κ3) is 3.28. The van der Waals surface area contributed by atoms with Crippen molar-refractivity contribution in [2.24, 2.45) is 5.14 Å². The first kappa shape index (κ1) is 13.0. The molecule has 1 aromatic carbocycles. The zero-order valence-electron chi connectivity index (χ0n) is 9.53. The van der Waals surface area contributed by atoms with Crippen LogP contribution in [0.3, 0.4) is 0 Å². The second kappa shape index (κ2) is 4.68. The Balaban J connectivity index is 2.31. The molecule has 0 atom stereocenters. The average Bonchev–Trinajstić information content (AvgIpc) is 3.01. The monoisotopic (exact) mass is 318 g/mol. The van der Waals surface area contributed by atoms with E-state index >= 15 is 0 Å². The Labute approximate surface area is 110 Å². The molecule has 1 fully saturated rings. The molecule has 0 radical (unpaired) electrons. The van der Waals surface area contributed by atoms with Crippen molar-refractivity contribution < 1.29 is 8.42 Å². The molecular weight excluding hydrogens is 304 g/mol. The van der Waals surface area contributed by atoms with E-state index in [0.717, 1.165) is 10.0 Å². The number of nitrogens with one attached hydrogen (secondary N) is 1. The first-order chi connectivity index (χ1) is 7.88. The summed E-state index contributed by atoms with van der Waals surface area (Å²) in [4.78, 5) is 0.194. The molecule has 1 saturated carbocycles. The highest BCUT2D eigenvalue weighted by molar-refractivity contribution is 9.10. The zero-order valence-corrected chi connectivity index (χ0v) is 11.9. The molecule has 0 heterocycles. The molecule has 6 heteroatoms. The van der Waals surface area contributed by atoms with Gasteiger partial charge in [-0.1, -0.05) is 15.9 Å². The molecule has 0 aromatic heterocycles. The van der Waals surface area contributed by atoms with E-state index in [-0.39, 0.29) is 4.90 Å². The van der Waals surface area contributed by atoms with Crippen LogP contribution >= 0.6 is 15.9 Å². The van der Waals surface area contributed by atoms with Gasteiger partial charge in [0.15, 0.2) is 0 Å². The van der Waals surface area contributed by atoms with Crippen LogP contribution in [-0.4, -0.2) is 14.5 Å². The van der Waals surface area contributed by atoms with Crippen LogP contribution in [0.2, 0.25) is 0 Å². The second-order valence-electron chi connectivity index (χ2n) is 4.40. The topological polar surface area (TPSA) is 72.2 Å². The fourth-order valence-electron chi connectivity index (χ4n) is 1.65. The third-order valence-corrected chi connectivity index (χ3v) is 4.70. The average molecular weight is 319 g/mol. The Morgan fingerprint density at radius 1 is 1.47 bits per heavy atom. The van der Waals surface area contributed by atoms with Crippen molar-refractivity contribution in [3.05, 3.63) is 27.7 Å². The van der Waals surface area contributed by atoms with Crippen molar-refractivity contribution in [1.29, 1.82) is 0 Å². The molecule has 0 amide bonds. The minimum absolute atomic E-state index is 0.194. The summed E-state index contributed by atoms with van der Waals surface area (Å²) in [6.07, 6.45) is 2.41. The van der Waals surface area contributed by atoms with Crippen LogP contribution in [0.15, 0.2) is 21.5 Å². The summed E-state index contributed by atoms with van der Waals surface area (Å²) >= 11 is 3.36. The van der Waals surface area contributed by atoms with Crippen LogP contribution in [0.25, 0.3) is 0 Å². The van der Waals surface area contributed by atoms with E-state index in [9.17, 15) is 8.42 Å². The molecule has 17 heavy (non-hydrogen) atoms. The number of halogens is 1. The van der Waals surface area contributed by atoms with Gasteiger partial charge in [0.2, 0.25) is 10.0 Å². The minimum Gasteiger partial charge on any atom is -0.310 e. The van der Waals surface area contributed by atoms with Gasteiger partial charge >= 0.3 is 0 Å². The highest BCUT2D eigenvalue weighted by Crippen LogP contribution is 2.26. The lowest BCUT2D eigenvalue weighted by molar-refractivity contribution is 0.596. The Morgan fingerprint density at radius 3 is 2.65 bits per heavy atom. The molecule has 1 aliphatic rings. The van der Waals surface area contributed by atoms with Crippen LogP contribution in [0.4, 0.5) is 0 Å². The van der Waals surface area contributed by atoms with Crippen molar-refractivity contribution in [2.45, 2.75) is 37.2 Å². The first-order valence-electron chi connectivity index (χ1n) is 5.43. The van der Waals surface area contributed by atoms with E-state index in [1.54, 1.807) is 13.0 Å². The zero-order chi connectivity index (χ0) is 12.6. The normalized spacial score (nSPS) is 16.2. The van der Waals surface area contributed by atoms with E-state index in [0.29, 0.717) is 18.2 Å². The number of hydrogen-bond donors (Lipinski definition) is 2. The summed E-state index contributed by atoms with van der Waals surface area (Å²) in [5.41, 5.74) is 1.58. The maximum atomic E-state index is 11.4. The Kier molecular flexibility index (Phi) is 3.58. The highest BCUT2D eigenvalue weighted by atomic mass is 79.9. The van der Waals surface area contributed by atoms with Gasteiger partial charge in [0.25, 0.3) is 0 Å². The summed E-state index contributed by atoms with van der Waals surface area (Å²) in [5.74, 6) is 0. The number of sulfonamides is 1. The molecule has 94 valence electrons. The number of primary sulfonamides is 1.